The molecule has 2 aliphatic rings. The van der Waals surface area contributed by atoms with Crippen molar-refractivity contribution in [2.24, 2.45) is 11.8 Å². The summed E-state index contributed by atoms with van der Waals surface area (Å²) in [5.74, 6) is -0.127. The van der Waals surface area contributed by atoms with E-state index in [0.29, 0.717) is 30.3 Å². The number of anilines is 1. The highest BCUT2D eigenvalue weighted by molar-refractivity contribution is 7.51. The number of carbonyl (C=O) groups excluding carboxylic acids is 1. The second-order valence-corrected chi connectivity index (χ2v) is 10.6. The van der Waals surface area contributed by atoms with Crippen molar-refractivity contribution in [3.8, 4) is 0 Å². The summed E-state index contributed by atoms with van der Waals surface area (Å²) in [6, 6.07) is -0.858. The highest BCUT2D eigenvalue weighted by atomic mass is 31.2. The van der Waals surface area contributed by atoms with Gasteiger partial charge in [-0.3, -0.25) is 13.8 Å². The van der Waals surface area contributed by atoms with Gasteiger partial charge in [-0.25, -0.2) is 24.1 Å². The summed E-state index contributed by atoms with van der Waals surface area (Å²) in [7, 11) is -3.79. The van der Waals surface area contributed by atoms with Crippen molar-refractivity contribution >= 4 is 25.2 Å². The quantitative estimate of drug-likeness (QED) is 0.410. The number of hydrogen-bond acceptors (Lipinski definition) is 10. The van der Waals surface area contributed by atoms with E-state index in [9.17, 15) is 9.36 Å². The van der Waals surface area contributed by atoms with Gasteiger partial charge in [0.2, 0.25) is 0 Å². The van der Waals surface area contributed by atoms with Crippen LogP contribution < -0.4 is 10.8 Å². The predicted octanol–water partition coefficient (Wildman–Crippen LogP) is 2.65. The average molecular weight is 497 g/mol. The molecule has 2 fully saturated rings. The number of imidazole rings is 1. The molecule has 13 heteroatoms. The Balaban J connectivity index is 1.45. The minimum absolute atomic E-state index is 0.155. The van der Waals surface area contributed by atoms with Crippen LogP contribution in [0, 0.1) is 11.8 Å². The zero-order chi connectivity index (χ0) is 24.5. The van der Waals surface area contributed by atoms with E-state index >= 15 is 0 Å². The van der Waals surface area contributed by atoms with Crippen molar-refractivity contribution < 1.29 is 27.9 Å². The van der Waals surface area contributed by atoms with Crippen LogP contribution in [-0.4, -0.2) is 57.0 Å². The van der Waals surface area contributed by atoms with Gasteiger partial charge in [-0.15, -0.1) is 0 Å². The fourth-order valence-corrected chi connectivity index (χ4v) is 6.14. The topological polar surface area (TPSA) is 152 Å². The number of nitrogens with two attached hydrogens (primary N) is 1. The van der Waals surface area contributed by atoms with E-state index in [1.807, 2.05) is 6.92 Å². The van der Waals surface area contributed by atoms with Crippen LogP contribution in [0.25, 0.3) is 5.65 Å². The zero-order valence-corrected chi connectivity index (χ0v) is 20.8. The summed E-state index contributed by atoms with van der Waals surface area (Å²) in [5, 5.41) is 6.99. The molecule has 2 saturated heterocycles. The molecule has 12 nitrogen and oxygen atoms in total. The van der Waals surface area contributed by atoms with E-state index in [-0.39, 0.29) is 24.4 Å². The lowest BCUT2D eigenvalue weighted by Gasteiger charge is -2.25. The van der Waals surface area contributed by atoms with Gasteiger partial charge in [-0.05, 0) is 12.8 Å². The molecule has 2 aromatic heterocycles. The lowest BCUT2D eigenvalue weighted by atomic mass is 9.96. The van der Waals surface area contributed by atoms with E-state index in [1.165, 1.54) is 6.33 Å². The second-order valence-electron chi connectivity index (χ2n) is 8.87. The Morgan fingerprint density at radius 2 is 2.15 bits per heavy atom. The Morgan fingerprint density at radius 3 is 2.88 bits per heavy atom. The number of fused-ring (bicyclic) bond motifs is 2. The van der Waals surface area contributed by atoms with Crippen molar-refractivity contribution in [3.63, 3.8) is 0 Å². The van der Waals surface area contributed by atoms with Gasteiger partial charge < -0.3 is 15.2 Å². The molecule has 0 radical (unpaired) electrons. The van der Waals surface area contributed by atoms with E-state index < -0.39 is 32.0 Å². The highest BCUT2D eigenvalue weighted by Crippen LogP contribution is 2.54. The molecule has 4 heterocycles. The maximum atomic E-state index is 13.5. The van der Waals surface area contributed by atoms with Crippen molar-refractivity contribution in [1.29, 1.82) is 0 Å². The Bertz CT molecular complexity index is 1060. The Morgan fingerprint density at radius 1 is 1.38 bits per heavy atom. The van der Waals surface area contributed by atoms with Crippen molar-refractivity contribution in [2.45, 2.75) is 71.3 Å². The van der Waals surface area contributed by atoms with Crippen LogP contribution in [-0.2, 0) is 27.9 Å². The molecule has 0 aromatic carbocycles. The first-order valence-corrected chi connectivity index (χ1v) is 13.3. The molecule has 6 atom stereocenters. The summed E-state index contributed by atoms with van der Waals surface area (Å²) < 4.78 is 38.3. The van der Waals surface area contributed by atoms with Gasteiger partial charge in [-0.1, -0.05) is 33.6 Å². The van der Waals surface area contributed by atoms with Gasteiger partial charge in [0.15, 0.2) is 11.5 Å². The van der Waals surface area contributed by atoms with Crippen LogP contribution in [0.1, 0.15) is 58.8 Å². The summed E-state index contributed by atoms with van der Waals surface area (Å²) in [5.41, 5.74) is 7.05. The number of nitrogens with one attached hydrogen (secondary N) is 1. The summed E-state index contributed by atoms with van der Waals surface area (Å²) in [6.45, 7) is 8.12. The molecule has 2 aliphatic heterocycles. The molecule has 3 N–H and O–H groups in total. The Hall–Kier alpha value is -2.11. The fourth-order valence-electron chi connectivity index (χ4n) is 4.37. The monoisotopic (exact) mass is 496 g/mol. The van der Waals surface area contributed by atoms with Crippen LogP contribution in [0.3, 0.4) is 0 Å². The van der Waals surface area contributed by atoms with Crippen molar-refractivity contribution in [1.82, 2.24) is 24.7 Å². The molecule has 0 saturated carbocycles. The minimum atomic E-state index is -3.79. The van der Waals surface area contributed by atoms with Crippen molar-refractivity contribution in [3.05, 3.63) is 18.2 Å². The fraction of sp³-hybridized carbons (Fsp3) is 0.714. The van der Waals surface area contributed by atoms with Crippen molar-refractivity contribution in [2.75, 3.05) is 18.9 Å². The Kier molecular flexibility index (Phi) is 7.54. The maximum absolute atomic E-state index is 13.5. The SMILES string of the molecule is CCC(CC)COC(=O)C(C)NP1(=O)OCCC2OC(c3cnc4c(N)ncnn34)C(C)C2O1. The number of rotatable bonds is 8. The number of esters is 1. The first-order valence-electron chi connectivity index (χ1n) is 11.7. The number of nitrogens with zero attached hydrogens (tertiary/aromatic N) is 4. The summed E-state index contributed by atoms with van der Waals surface area (Å²) in [4.78, 5) is 20.7. The highest BCUT2D eigenvalue weighted by Gasteiger charge is 2.50. The molecule has 2 aromatic rings. The molecule has 4 rings (SSSR count). The molecular formula is C21H33N6O6P. The van der Waals surface area contributed by atoms with Gasteiger partial charge >= 0.3 is 13.7 Å². The third kappa shape index (κ3) is 4.96. The van der Waals surface area contributed by atoms with E-state index in [4.69, 9.17) is 24.3 Å². The van der Waals surface area contributed by atoms with Crippen LogP contribution >= 0.6 is 7.75 Å². The van der Waals surface area contributed by atoms with E-state index in [2.05, 4.69) is 34.0 Å². The third-order valence-electron chi connectivity index (χ3n) is 6.58. The van der Waals surface area contributed by atoms with Crippen LogP contribution in [0.4, 0.5) is 5.82 Å². The minimum Gasteiger partial charge on any atom is -0.464 e. The number of hydrogen-bond donors (Lipinski definition) is 2. The van der Waals surface area contributed by atoms with Gasteiger partial charge in [0.1, 0.15) is 24.6 Å². The molecular weight excluding hydrogens is 463 g/mol. The lowest BCUT2D eigenvalue weighted by molar-refractivity contribution is -0.146. The standard InChI is InChI=1S/C21H33N6O6P/c1-5-14(6-2)10-30-21(28)13(4)26-34(29)31-8-7-16-18(33-34)12(3)17(32-16)15-9-23-20-19(22)24-11-25-27(15)20/h9,11-14,16-18H,5-8,10H2,1-4H3,(H,26,29)(H2,22,24,25). The number of aromatic nitrogens is 4. The molecule has 0 spiro atoms. The molecule has 6 unspecified atom stereocenters. The van der Waals surface area contributed by atoms with E-state index in [1.54, 1.807) is 17.6 Å². The Labute approximate surface area is 198 Å². The summed E-state index contributed by atoms with van der Waals surface area (Å²) in [6.07, 6.45) is 4.05. The molecule has 0 aliphatic carbocycles. The van der Waals surface area contributed by atoms with Crippen LogP contribution in [0.15, 0.2) is 12.5 Å². The van der Waals surface area contributed by atoms with Gasteiger partial charge in [0, 0.05) is 12.3 Å². The molecule has 0 bridgehead atoms. The van der Waals surface area contributed by atoms with Gasteiger partial charge in [-0.2, -0.15) is 5.10 Å². The smallest absolute Gasteiger partial charge is 0.406 e. The molecule has 0 amide bonds. The number of nitrogen functional groups attached to an aromatic ring is 1. The first kappa shape index (κ1) is 25.0. The predicted molar refractivity (Wildman–Crippen MR) is 123 cm³/mol. The number of ether oxygens (including phenoxy) is 2. The summed E-state index contributed by atoms with van der Waals surface area (Å²) >= 11 is 0. The van der Waals surface area contributed by atoms with Gasteiger partial charge in [0.05, 0.1) is 31.2 Å². The first-order chi connectivity index (χ1) is 16.3. The maximum Gasteiger partial charge on any atom is 0.406 e. The third-order valence-corrected chi connectivity index (χ3v) is 8.32. The lowest BCUT2D eigenvalue weighted by Crippen LogP contribution is -2.36. The molecule has 188 valence electrons. The largest absolute Gasteiger partial charge is 0.464 e. The van der Waals surface area contributed by atoms with Crippen LogP contribution in [0.2, 0.25) is 0 Å². The van der Waals surface area contributed by atoms with Crippen LogP contribution in [0.5, 0.6) is 0 Å². The zero-order valence-electron chi connectivity index (χ0n) is 19.9. The number of carbonyl (C=O) groups is 1. The average Bonchev–Trinajstić information content (AvgIpc) is 3.31. The van der Waals surface area contributed by atoms with E-state index in [0.717, 1.165) is 12.8 Å². The normalized spacial score (nSPS) is 30.3. The van der Waals surface area contributed by atoms with Gasteiger partial charge in [0.25, 0.3) is 0 Å². The second kappa shape index (κ2) is 10.2. The molecule has 34 heavy (non-hydrogen) atoms.